The first-order valence-corrected chi connectivity index (χ1v) is 15.7. The van der Waals surface area contributed by atoms with Crippen LogP contribution in [0.4, 0.5) is 10.1 Å². The number of anilines is 1. The largest absolute Gasteiger partial charge is 0.369 e. The number of rotatable bonds is 6. The fraction of sp³-hybridized carbons (Fsp3) is 0.433. The molecule has 2 aliphatic carbocycles. The Morgan fingerprint density at radius 3 is 2.30 bits per heavy atom. The lowest BCUT2D eigenvalue weighted by Crippen LogP contribution is -2.42. The van der Waals surface area contributed by atoms with E-state index >= 15 is 0 Å². The molecule has 2 heterocycles. The van der Waals surface area contributed by atoms with Crippen molar-refractivity contribution in [3.63, 3.8) is 0 Å². The van der Waals surface area contributed by atoms with Crippen LogP contribution in [0.3, 0.4) is 0 Å². The van der Waals surface area contributed by atoms with Crippen LogP contribution in [-0.2, 0) is 14.6 Å². The molecule has 0 radical (unpaired) electrons. The van der Waals surface area contributed by atoms with Crippen molar-refractivity contribution in [3.8, 4) is 22.9 Å². The lowest BCUT2D eigenvalue weighted by molar-refractivity contribution is -0.127. The molecule has 40 heavy (non-hydrogen) atoms. The molecule has 0 bridgehead atoms. The van der Waals surface area contributed by atoms with Gasteiger partial charge in [0.15, 0.2) is 9.84 Å². The summed E-state index contributed by atoms with van der Waals surface area (Å²) in [5.41, 5.74) is 3.63. The van der Waals surface area contributed by atoms with Crippen LogP contribution in [0.1, 0.15) is 50.1 Å². The number of carbonyl (C=O) groups excluding carboxylic acids is 1. The van der Waals surface area contributed by atoms with E-state index in [0.717, 1.165) is 53.9 Å². The molecule has 1 N–H and O–H groups in total. The van der Waals surface area contributed by atoms with Crippen molar-refractivity contribution in [3.05, 3.63) is 66.2 Å². The van der Waals surface area contributed by atoms with Crippen molar-refractivity contribution in [1.82, 2.24) is 15.1 Å². The first-order valence-electron chi connectivity index (χ1n) is 13.9. The summed E-state index contributed by atoms with van der Waals surface area (Å²) in [4.78, 5) is 15.5. The standard InChI is InChI=1S/C30H32FN5O3S/c31-22-7-11-24(12-8-22)36-19-27(21-5-9-23(10-6-21)35-15-17-40(38,39)18-16-35)28(34-36)25-3-1-2-4-26(25)29(37)33-30(20-32)13-14-30/h5-12,19,25-26H,1-4,13-18H2,(H,33,37). The van der Waals surface area contributed by atoms with E-state index in [-0.39, 0.29) is 35.1 Å². The van der Waals surface area contributed by atoms with Crippen molar-refractivity contribution in [2.45, 2.75) is 50.0 Å². The number of carbonyl (C=O) groups is 1. The van der Waals surface area contributed by atoms with Crippen molar-refractivity contribution < 1.29 is 17.6 Å². The number of hydrogen-bond acceptors (Lipinski definition) is 6. The molecule has 1 saturated heterocycles. The lowest BCUT2D eigenvalue weighted by Gasteiger charge is -2.31. The van der Waals surface area contributed by atoms with Gasteiger partial charge in [0.25, 0.3) is 0 Å². The van der Waals surface area contributed by atoms with Gasteiger partial charge in [-0.25, -0.2) is 17.5 Å². The average Bonchev–Trinajstić information content (AvgIpc) is 3.60. The number of halogens is 1. The average molecular weight is 562 g/mol. The van der Waals surface area contributed by atoms with Crippen molar-refractivity contribution in [1.29, 1.82) is 5.26 Å². The molecule has 2 unspecified atom stereocenters. The number of sulfone groups is 1. The smallest absolute Gasteiger partial charge is 0.225 e. The molecule has 3 aliphatic rings. The molecule has 3 fully saturated rings. The Labute approximate surface area is 233 Å². The van der Waals surface area contributed by atoms with E-state index in [4.69, 9.17) is 5.10 Å². The van der Waals surface area contributed by atoms with Crippen LogP contribution < -0.4 is 10.2 Å². The van der Waals surface area contributed by atoms with Crippen molar-refractivity contribution >= 4 is 21.4 Å². The third kappa shape index (κ3) is 5.35. The molecule has 0 spiro atoms. The SMILES string of the molecule is N#CC1(NC(=O)C2CCCCC2c2nn(-c3ccc(F)cc3)cc2-c2ccc(N3CCS(=O)(=O)CC3)cc2)CC1. The predicted molar refractivity (Wildman–Crippen MR) is 150 cm³/mol. The number of benzene rings is 2. The maximum absolute atomic E-state index is 13.7. The summed E-state index contributed by atoms with van der Waals surface area (Å²) in [6, 6.07) is 16.5. The highest BCUT2D eigenvalue weighted by molar-refractivity contribution is 7.91. The minimum atomic E-state index is -2.97. The second-order valence-corrected chi connectivity index (χ2v) is 13.5. The molecule has 1 aromatic heterocycles. The first-order chi connectivity index (χ1) is 19.3. The maximum Gasteiger partial charge on any atom is 0.225 e. The molecular formula is C30H32FN5O3S. The number of amides is 1. The van der Waals surface area contributed by atoms with Gasteiger partial charge in [-0.1, -0.05) is 25.0 Å². The van der Waals surface area contributed by atoms with E-state index in [0.29, 0.717) is 25.9 Å². The zero-order chi connectivity index (χ0) is 27.9. The zero-order valence-electron chi connectivity index (χ0n) is 22.2. The molecule has 6 rings (SSSR count). The van der Waals surface area contributed by atoms with Gasteiger partial charge in [-0.2, -0.15) is 10.4 Å². The monoisotopic (exact) mass is 561 g/mol. The Morgan fingerprint density at radius 1 is 1.00 bits per heavy atom. The number of nitriles is 1. The Kier molecular flexibility index (Phi) is 6.87. The fourth-order valence-electron chi connectivity index (χ4n) is 5.92. The van der Waals surface area contributed by atoms with Crippen molar-refractivity contribution in [2.75, 3.05) is 29.5 Å². The van der Waals surface area contributed by atoms with Crippen LogP contribution in [0.2, 0.25) is 0 Å². The van der Waals surface area contributed by atoms with Crippen LogP contribution in [0, 0.1) is 23.1 Å². The topological polar surface area (TPSA) is 108 Å². The minimum absolute atomic E-state index is 0.0820. The quantitative estimate of drug-likeness (QED) is 0.479. The van der Waals surface area contributed by atoms with Gasteiger partial charge in [-0.05, 0) is 67.6 Å². The van der Waals surface area contributed by atoms with Gasteiger partial charge in [0.05, 0.1) is 29.0 Å². The van der Waals surface area contributed by atoms with Crippen LogP contribution in [0.25, 0.3) is 16.8 Å². The summed E-state index contributed by atoms with van der Waals surface area (Å²) in [5.74, 6) is -0.505. The fourth-order valence-corrected chi connectivity index (χ4v) is 7.12. The number of hydrogen-bond donors (Lipinski definition) is 1. The molecule has 1 aliphatic heterocycles. The molecule has 2 atom stereocenters. The summed E-state index contributed by atoms with van der Waals surface area (Å²) in [6.45, 7) is 0.941. The number of aromatic nitrogens is 2. The molecule has 8 nitrogen and oxygen atoms in total. The molecular weight excluding hydrogens is 529 g/mol. The van der Waals surface area contributed by atoms with Gasteiger partial charge in [0, 0.05) is 42.4 Å². The Bertz CT molecular complexity index is 1540. The second-order valence-electron chi connectivity index (χ2n) is 11.2. The number of nitrogens with zero attached hydrogens (tertiary/aromatic N) is 4. The van der Waals surface area contributed by atoms with Gasteiger partial charge >= 0.3 is 0 Å². The molecule has 2 saturated carbocycles. The van der Waals surface area contributed by atoms with Crippen LogP contribution >= 0.6 is 0 Å². The molecule has 208 valence electrons. The highest BCUT2D eigenvalue weighted by Crippen LogP contribution is 2.43. The van der Waals surface area contributed by atoms with E-state index in [9.17, 15) is 22.9 Å². The van der Waals surface area contributed by atoms with Crippen LogP contribution in [0.15, 0.2) is 54.7 Å². The third-order valence-corrected chi connectivity index (χ3v) is 10.1. The molecule has 1 amide bonds. The third-order valence-electron chi connectivity index (χ3n) is 8.50. The highest BCUT2D eigenvalue weighted by atomic mass is 32.2. The van der Waals surface area contributed by atoms with Gasteiger partial charge in [0.1, 0.15) is 11.4 Å². The first kappa shape index (κ1) is 26.5. The Hall–Kier alpha value is -3.71. The maximum atomic E-state index is 13.7. The number of nitrogens with one attached hydrogen (secondary N) is 1. The second kappa shape index (κ2) is 10.4. The van der Waals surface area contributed by atoms with Crippen LogP contribution in [0.5, 0.6) is 0 Å². The van der Waals surface area contributed by atoms with E-state index in [2.05, 4.69) is 16.3 Å². The molecule has 10 heteroatoms. The summed E-state index contributed by atoms with van der Waals surface area (Å²) < 4.78 is 39.1. The van der Waals surface area contributed by atoms with E-state index in [1.54, 1.807) is 16.8 Å². The minimum Gasteiger partial charge on any atom is -0.369 e. The lowest BCUT2D eigenvalue weighted by atomic mass is 9.75. The predicted octanol–water partition coefficient (Wildman–Crippen LogP) is 4.36. The van der Waals surface area contributed by atoms with Gasteiger partial charge < -0.3 is 10.2 Å². The van der Waals surface area contributed by atoms with E-state index < -0.39 is 15.4 Å². The van der Waals surface area contributed by atoms with Crippen molar-refractivity contribution in [2.24, 2.45) is 5.92 Å². The summed E-state index contributed by atoms with van der Waals surface area (Å²) in [7, 11) is -2.97. The molecule has 2 aromatic carbocycles. The zero-order valence-corrected chi connectivity index (χ0v) is 23.0. The Balaban J connectivity index is 1.35. The summed E-state index contributed by atoms with van der Waals surface area (Å²) >= 11 is 0. The summed E-state index contributed by atoms with van der Waals surface area (Å²) in [6.07, 6.45) is 6.79. The molecule has 3 aromatic rings. The van der Waals surface area contributed by atoms with Gasteiger partial charge in [0.2, 0.25) is 5.91 Å². The normalized spacial score (nSPS) is 23.2. The summed E-state index contributed by atoms with van der Waals surface area (Å²) in [5, 5.41) is 17.5. The van der Waals surface area contributed by atoms with Crippen LogP contribution in [-0.4, -0.2) is 54.2 Å². The highest BCUT2D eigenvalue weighted by Gasteiger charge is 2.47. The Morgan fingerprint density at radius 2 is 1.65 bits per heavy atom. The van der Waals surface area contributed by atoms with E-state index in [1.807, 2.05) is 30.5 Å². The van der Waals surface area contributed by atoms with E-state index in [1.165, 1.54) is 12.1 Å². The van der Waals surface area contributed by atoms with Gasteiger partial charge in [-0.3, -0.25) is 4.79 Å². The van der Waals surface area contributed by atoms with Gasteiger partial charge in [-0.15, -0.1) is 0 Å².